The van der Waals surface area contributed by atoms with E-state index in [2.05, 4.69) is 9.79 Å². The molecule has 0 radical (unpaired) electrons. The van der Waals surface area contributed by atoms with Crippen molar-refractivity contribution in [1.29, 1.82) is 0 Å². The molecule has 0 atom stereocenters. The van der Waals surface area contributed by atoms with Crippen LogP contribution in [0.3, 0.4) is 0 Å². The molecule has 18 heavy (non-hydrogen) atoms. The maximum Gasteiger partial charge on any atom is 0.253 e. The first kappa shape index (κ1) is 13.1. The monoisotopic (exact) mass is 306 g/mol. The predicted molar refractivity (Wildman–Crippen MR) is 62.1 cm³/mol. The molecule has 5 nitrogen and oxygen atoms in total. The van der Waals surface area contributed by atoms with Gasteiger partial charge < -0.3 is 9.63 Å². The van der Waals surface area contributed by atoms with Crippen molar-refractivity contribution in [2.24, 2.45) is 0 Å². The third-order valence-electron chi connectivity index (χ3n) is 2.10. The lowest BCUT2D eigenvalue weighted by Gasteiger charge is -2.09. The first-order valence-electron chi connectivity index (χ1n) is 4.66. The molecule has 94 valence electrons. The molecule has 0 saturated heterocycles. The fourth-order valence-electron chi connectivity index (χ4n) is 1.36. The number of nitrogens with zero attached hydrogens (tertiary/aromatic N) is 2. The van der Waals surface area contributed by atoms with Crippen LogP contribution in [-0.2, 0) is 0 Å². The van der Waals surface area contributed by atoms with Crippen molar-refractivity contribution in [1.82, 2.24) is 5.27 Å². The molecule has 0 saturated carbocycles. The maximum atomic E-state index is 11.9. The summed E-state index contributed by atoms with van der Waals surface area (Å²) in [4.78, 5) is 11.9. The van der Waals surface area contributed by atoms with E-state index in [1.54, 1.807) is 18.2 Å². The van der Waals surface area contributed by atoms with Gasteiger partial charge >= 0.3 is 0 Å². The molecule has 0 N–H and O–H groups in total. The Labute approximate surface area is 116 Å². The molecule has 2 aromatic rings. The lowest BCUT2D eigenvalue weighted by molar-refractivity contribution is -0.670. The van der Waals surface area contributed by atoms with E-state index in [0.717, 1.165) is 10.9 Å². The van der Waals surface area contributed by atoms with Crippen molar-refractivity contribution in [3.63, 3.8) is 0 Å². The predicted octanol–water partition coefficient (Wildman–Crippen LogP) is 1.58. The molecule has 0 unspecified atom stereocenters. The molecule has 0 spiro atoms. The Bertz CT molecular complexity index is 592. The molecule has 0 bridgehead atoms. The Morgan fingerprint density at radius 3 is 2.56 bits per heavy atom. The van der Waals surface area contributed by atoms with Crippen LogP contribution in [0.25, 0.3) is 5.69 Å². The number of alkyl halides is 3. The van der Waals surface area contributed by atoms with E-state index in [-0.39, 0.29) is 5.56 Å². The highest BCUT2D eigenvalue weighted by atomic mass is 35.6. The lowest BCUT2D eigenvalue weighted by atomic mass is 10.1. The largest absolute Gasteiger partial charge is 0.539 e. The molecule has 1 aromatic heterocycles. The van der Waals surface area contributed by atoms with Crippen LogP contribution in [0.15, 0.2) is 35.0 Å². The minimum Gasteiger partial charge on any atom is -0.539 e. The van der Waals surface area contributed by atoms with Gasteiger partial charge in [0.25, 0.3) is 3.79 Å². The number of carbonyl (C=O) groups excluding carboxylic acids is 1. The summed E-state index contributed by atoms with van der Waals surface area (Å²) in [6.07, 6.45) is 1.07. The fourth-order valence-corrected chi connectivity index (χ4v) is 1.67. The smallest absolute Gasteiger partial charge is 0.253 e. The number of halogens is 3. The van der Waals surface area contributed by atoms with E-state index in [1.807, 2.05) is 0 Å². The molecular formula is C10H5Cl3N2O3. The number of para-hydroxylation sites is 1. The van der Waals surface area contributed by atoms with Crippen LogP contribution < -0.4 is 9.79 Å². The summed E-state index contributed by atoms with van der Waals surface area (Å²) in [7, 11) is 0. The molecule has 0 aliphatic rings. The van der Waals surface area contributed by atoms with Gasteiger partial charge in [-0.15, -0.1) is 0 Å². The SMILES string of the molecule is O=C(c1ccccc1-[n+]1cc([O-])on1)C(Cl)(Cl)Cl. The number of carbonyl (C=O) groups is 1. The maximum absolute atomic E-state index is 11.9. The zero-order chi connectivity index (χ0) is 13.3. The standard InChI is InChI=1S/C10H5Cl3N2O3/c11-10(12,13)9(17)6-3-1-2-4-7(6)15-5-8(16)18-14-15/h1-5H. The first-order chi connectivity index (χ1) is 8.39. The Hall–Kier alpha value is -1.30. The third kappa shape index (κ3) is 2.58. The second-order valence-electron chi connectivity index (χ2n) is 3.31. The number of benzene rings is 1. The minimum atomic E-state index is -2.08. The number of hydrogen-bond donors (Lipinski definition) is 0. The van der Waals surface area contributed by atoms with Gasteiger partial charge in [-0.1, -0.05) is 46.9 Å². The van der Waals surface area contributed by atoms with E-state index >= 15 is 0 Å². The van der Waals surface area contributed by atoms with Gasteiger partial charge in [-0.25, -0.2) is 0 Å². The highest BCUT2D eigenvalue weighted by molar-refractivity contribution is 6.77. The normalized spacial score (nSPS) is 11.5. The average Bonchev–Trinajstić information content (AvgIpc) is 2.73. The summed E-state index contributed by atoms with van der Waals surface area (Å²) in [5.41, 5.74) is 0.412. The number of Topliss-reactive ketones (excluding diaryl/α,β-unsaturated/α-hetero) is 1. The Morgan fingerprint density at radius 1 is 1.33 bits per heavy atom. The topological polar surface area (TPSA) is 70.0 Å². The van der Waals surface area contributed by atoms with E-state index in [9.17, 15) is 9.90 Å². The second-order valence-corrected chi connectivity index (χ2v) is 5.59. The second kappa shape index (κ2) is 4.76. The summed E-state index contributed by atoms with van der Waals surface area (Å²) in [6.45, 7) is 0. The van der Waals surface area contributed by atoms with Crippen LogP contribution in [-0.4, -0.2) is 14.8 Å². The third-order valence-corrected chi connectivity index (χ3v) is 2.61. The highest BCUT2D eigenvalue weighted by Gasteiger charge is 2.35. The van der Waals surface area contributed by atoms with Crippen LogP contribution >= 0.6 is 34.8 Å². The van der Waals surface area contributed by atoms with Gasteiger partial charge in [-0.05, 0) is 10.7 Å². The summed E-state index contributed by atoms with van der Waals surface area (Å²) >= 11 is 16.6. The summed E-state index contributed by atoms with van der Waals surface area (Å²) in [5.74, 6) is -1.36. The zero-order valence-electron chi connectivity index (χ0n) is 8.64. The number of ketones is 1. The van der Waals surface area contributed by atoms with E-state index in [4.69, 9.17) is 34.8 Å². The quantitative estimate of drug-likeness (QED) is 0.480. The fraction of sp³-hybridized carbons (Fsp3) is 0.100. The van der Waals surface area contributed by atoms with Crippen LogP contribution in [0.2, 0.25) is 0 Å². The first-order valence-corrected chi connectivity index (χ1v) is 5.79. The highest BCUT2D eigenvalue weighted by Crippen LogP contribution is 2.31. The molecule has 1 aromatic carbocycles. The zero-order valence-corrected chi connectivity index (χ0v) is 10.9. The average molecular weight is 308 g/mol. The van der Waals surface area contributed by atoms with Crippen molar-refractivity contribution < 1.29 is 19.1 Å². The Kier molecular flexibility index (Phi) is 3.47. The van der Waals surface area contributed by atoms with Gasteiger partial charge in [0.15, 0.2) is 0 Å². The molecule has 0 fully saturated rings. The van der Waals surface area contributed by atoms with E-state index < -0.39 is 15.5 Å². The van der Waals surface area contributed by atoms with Gasteiger partial charge in [0.05, 0.1) is 10.8 Å². The molecule has 2 rings (SSSR count). The van der Waals surface area contributed by atoms with Crippen LogP contribution in [0.5, 0.6) is 5.95 Å². The summed E-state index contributed by atoms with van der Waals surface area (Å²) < 4.78 is 3.41. The molecular weight excluding hydrogens is 302 g/mol. The van der Waals surface area contributed by atoms with Gasteiger partial charge in [0.1, 0.15) is 5.95 Å². The minimum absolute atomic E-state index is 0.121. The van der Waals surface area contributed by atoms with Crippen LogP contribution in [0.1, 0.15) is 10.4 Å². The van der Waals surface area contributed by atoms with Gasteiger partial charge in [-0.3, -0.25) is 4.79 Å². The van der Waals surface area contributed by atoms with Crippen molar-refractivity contribution in [3.8, 4) is 11.6 Å². The van der Waals surface area contributed by atoms with Gasteiger partial charge in [-0.2, -0.15) is 0 Å². The van der Waals surface area contributed by atoms with E-state index in [0.29, 0.717) is 5.69 Å². The summed E-state index contributed by atoms with van der Waals surface area (Å²) in [5, 5.41) is 14.4. The summed E-state index contributed by atoms with van der Waals surface area (Å²) in [6, 6.07) is 6.26. The van der Waals surface area contributed by atoms with Crippen molar-refractivity contribution >= 4 is 40.6 Å². The van der Waals surface area contributed by atoms with Gasteiger partial charge in [0, 0.05) is 6.07 Å². The number of aromatic nitrogens is 2. The number of rotatable bonds is 2. The molecule has 1 heterocycles. The van der Waals surface area contributed by atoms with Crippen molar-refractivity contribution in [2.45, 2.75) is 3.79 Å². The molecule has 0 amide bonds. The Balaban J connectivity index is 2.53. The van der Waals surface area contributed by atoms with Crippen molar-refractivity contribution in [3.05, 3.63) is 36.0 Å². The Morgan fingerprint density at radius 2 is 2.00 bits per heavy atom. The van der Waals surface area contributed by atoms with Gasteiger partial charge in [0.2, 0.25) is 17.7 Å². The molecule has 0 aliphatic heterocycles. The molecule has 0 aliphatic carbocycles. The van der Waals surface area contributed by atoms with Crippen LogP contribution in [0.4, 0.5) is 0 Å². The number of hydrogen-bond acceptors (Lipinski definition) is 4. The van der Waals surface area contributed by atoms with E-state index in [1.165, 1.54) is 6.07 Å². The van der Waals surface area contributed by atoms with Crippen molar-refractivity contribution in [2.75, 3.05) is 0 Å². The van der Waals surface area contributed by atoms with Crippen LogP contribution in [0, 0.1) is 0 Å². The lowest BCUT2D eigenvalue weighted by Crippen LogP contribution is -2.35. The molecule has 8 heteroatoms.